The van der Waals surface area contributed by atoms with Crippen LogP contribution in [-0.2, 0) is 6.42 Å². The molecule has 1 unspecified atom stereocenters. The maximum Gasteiger partial charge on any atom is 0.0766 e. The van der Waals surface area contributed by atoms with Gasteiger partial charge in [0.25, 0.3) is 0 Å². The highest BCUT2D eigenvalue weighted by Crippen LogP contribution is 2.04. The minimum absolute atomic E-state index is 0.383. The van der Waals surface area contributed by atoms with Gasteiger partial charge in [-0.3, -0.25) is 0 Å². The van der Waals surface area contributed by atoms with Crippen LogP contribution in [0.1, 0.15) is 12.6 Å². The third kappa shape index (κ3) is 2.32. The summed E-state index contributed by atoms with van der Waals surface area (Å²) in [6.45, 7) is 2.04. The first-order chi connectivity index (χ1) is 4.29. The van der Waals surface area contributed by atoms with Crippen LogP contribution < -0.4 is 0 Å². The van der Waals surface area contributed by atoms with Crippen molar-refractivity contribution in [2.45, 2.75) is 18.6 Å². The van der Waals surface area contributed by atoms with E-state index in [0.717, 1.165) is 12.1 Å². The minimum atomic E-state index is 0.383. The molecular weight excluding hydrogens is 152 g/mol. The molecule has 4 heteroatoms. The van der Waals surface area contributed by atoms with E-state index in [1.165, 1.54) is 11.5 Å². The fraction of sp³-hybridized carbons (Fsp3) is 0.600. The van der Waals surface area contributed by atoms with Crippen molar-refractivity contribution in [3.63, 3.8) is 0 Å². The Labute approximate surface area is 63.9 Å². The molecule has 1 aromatic heterocycles. The van der Waals surface area contributed by atoms with Crippen molar-refractivity contribution in [2.24, 2.45) is 0 Å². The number of rotatable bonds is 2. The predicted molar refractivity (Wildman–Crippen MR) is 42.1 cm³/mol. The molecule has 0 spiro atoms. The highest BCUT2D eigenvalue weighted by Gasteiger charge is 1.98. The molecule has 1 rings (SSSR count). The number of hydrogen-bond donors (Lipinski definition) is 1. The molecule has 9 heavy (non-hydrogen) atoms. The van der Waals surface area contributed by atoms with Gasteiger partial charge in [0.1, 0.15) is 0 Å². The SMILES string of the molecule is CC(S)Cc1csnn1. The third-order valence-electron chi connectivity index (χ3n) is 0.910. The van der Waals surface area contributed by atoms with Gasteiger partial charge in [-0.15, -0.1) is 5.10 Å². The van der Waals surface area contributed by atoms with Crippen molar-refractivity contribution < 1.29 is 0 Å². The first-order valence-corrected chi connectivity index (χ1v) is 4.08. The van der Waals surface area contributed by atoms with E-state index in [-0.39, 0.29) is 0 Å². The van der Waals surface area contributed by atoms with E-state index >= 15 is 0 Å². The summed E-state index contributed by atoms with van der Waals surface area (Å²) in [6, 6.07) is 0. The lowest BCUT2D eigenvalue weighted by molar-refractivity contribution is 0.891. The molecule has 0 fully saturated rings. The van der Waals surface area contributed by atoms with E-state index in [1.54, 1.807) is 0 Å². The van der Waals surface area contributed by atoms with E-state index in [1.807, 2.05) is 12.3 Å². The number of thiol groups is 1. The van der Waals surface area contributed by atoms with Gasteiger partial charge in [-0.1, -0.05) is 11.4 Å². The van der Waals surface area contributed by atoms with Gasteiger partial charge in [-0.2, -0.15) is 12.6 Å². The number of aromatic nitrogens is 2. The second-order valence-electron chi connectivity index (χ2n) is 1.95. The summed E-state index contributed by atoms with van der Waals surface area (Å²) < 4.78 is 3.73. The topological polar surface area (TPSA) is 25.8 Å². The van der Waals surface area contributed by atoms with Crippen LogP contribution >= 0.6 is 24.2 Å². The minimum Gasteiger partial charge on any atom is -0.176 e. The zero-order valence-corrected chi connectivity index (χ0v) is 6.82. The van der Waals surface area contributed by atoms with Gasteiger partial charge in [0.2, 0.25) is 0 Å². The first-order valence-electron chi connectivity index (χ1n) is 2.73. The standard InChI is InChI=1S/C5H8N2S2/c1-4(8)2-5-3-9-7-6-5/h3-4,8H,2H2,1H3. The molecule has 0 aromatic carbocycles. The summed E-state index contributed by atoms with van der Waals surface area (Å²) >= 11 is 5.61. The molecule has 0 saturated heterocycles. The van der Waals surface area contributed by atoms with Gasteiger partial charge < -0.3 is 0 Å². The van der Waals surface area contributed by atoms with Gasteiger partial charge in [-0.25, -0.2) is 0 Å². The summed E-state index contributed by atoms with van der Waals surface area (Å²) in [5.41, 5.74) is 1.04. The molecule has 0 saturated carbocycles. The van der Waals surface area contributed by atoms with Crippen LogP contribution in [0.15, 0.2) is 5.38 Å². The lowest BCUT2D eigenvalue weighted by atomic mass is 10.3. The van der Waals surface area contributed by atoms with Crippen molar-refractivity contribution in [3.8, 4) is 0 Å². The fourth-order valence-corrected chi connectivity index (χ4v) is 1.23. The largest absolute Gasteiger partial charge is 0.176 e. The van der Waals surface area contributed by atoms with Crippen molar-refractivity contribution >= 4 is 24.2 Å². The van der Waals surface area contributed by atoms with Gasteiger partial charge >= 0.3 is 0 Å². The Balaban J connectivity index is 2.48. The van der Waals surface area contributed by atoms with Crippen LogP contribution in [0.3, 0.4) is 0 Å². The highest BCUT2D eigenvalue weighted by atomic mass is 32.1. The summed E-state index contributed by atoms with van der Waals surface area (Å²) in [5.74, 6) is 0. The summed E-state index contributed by atoms with van der Waals surface area (Å²) in [4.78, 5) is 0. The lowest BCUT2D eigenvalue weighted by Gasteiger charge is -1.96. The number of nitrogens with zero attached hydrogens (tertiary/aromatic N) is 2. The van der Waals surface area contributed by atoms with Crippen LogP contribution in [0.5, 0.6) is 0 Å². The van der Waals surface area contributed by atoms with Crippen molar-refractivity contribution in [2.75, 3.05) is 0 Å². The Bertz CT molecular complexity index is 159. The molecule has 0 N–H and O–H groups in total. The average molecular weight is 160 g/mol. The van der Waals surface area contributed by atoms with E-state index < -0.39 is 0 Å². The van der Waals surface area contributed by atoms with E-state index in [4.69, 9.17) is 0 Å². The molecule has 2 nitrogen and oxygen atoms in total. The van der Waals surface area contributed by atoms with E-state index in [2.05, 4.69) is 22.2 Å². The summed E-state index contributed by atoms with van der Waals surface area (Å²) in [7, 11) is 0. The molecule has 0 amide bonds. The Morgan fingerprint density at radius 1 is 1.89 bits per heavy atom. The maximum absolute atomic E-state index is 4.22. The van der Waals surface area contributed by atoms with E-state index in [9.17, 15) is 0 Å². The normalized spacial score (nSPS) is 13.6. The summed E-state index contributed by atoms with van der Waals surface area (Å²) in [6.07, 6.45) is 0.916. The average Bonchev–Trinajstić information content (AvgIpc) is 2.15. The smallest absolute Gasteiger partial charge is 0.0766 e. The van der Waals surface area contributed by atoms with Crippen LogP contribution in [0.4, 0.5) is 0 Å². The van der Waals surface area contributed by atoms with E-state index in [0.29, 0.717) is 5.25 Å². The third-order valence-corrected chi connectivity index (χ3v) is 1.65. The van der Waals surface area contributed by atoms with Crippen LogP contribution in [0, 0.1) is 0 Å². The Morgan fingerprint density at radius 3 is 3.11 bits per heavy atom. The van der Waals surface area contributed by atoms with Crippen molar-refractivity contribution in [3.05, 3.63) is 11.1 Å². The van der Waals surface area contributed by atoms with Crippen LogP contribution in [0.2, 0.25) is 0 Å². The first kappa shape index (κ1) is 7.02. The molecule has 0 radical (unpaired) electrons. The van der Waals surface area contributed by atoms with Gasteiger partial charge in [0.05, 0.1) is 5.69 Å². The Morgan fingerprint density at radius 2 is 2.67 bits per heavy atom. The van der Waals surface area contributed by atoms with Crippen LogP contribution in [0.25, 0.3) is 0 Å². The molecule has 1 atom stereocenters. The predicted octanol–water partition coefficient (Wildman–Crippen LogP) is 1.40. The second-order valence-corrected chi connectivity index (χ2v) is 3.44. The Kier molecular flexibility index (Phi) is 2.48. The van der Waals surface area contributed by atoms with Gasteiger partial charge in [0.15, 0.2) is 0 Å². The second kappa shape index (κ2) is 3.17. The zero-order valence-electron chi connectivity index (χ0n) is 5.11. The maximum atomic E-state index is 4.22. The van der Waals surface area contributed by atoms with Crippen LogP contribution in [-0.4, -0.2) is 14.8 Å². The van der Waals surface area contributed by atoms with Gasteiger partial charge in [-0.05, 0) is 11.5 Å². The van der Waals surface area contributed by atoms with Crippen molar-refractivity contribution in [1.82, 2.24) is 9.59 Å². The lowest BCUT2D eigenvalue weighted by Crippen LogP contribution is -1.96. The number of hydrogen-bond acceptors (Lipinski definition) is 4. The molecule has 50 valence electrons. The molecule has 0 aliphatic heterocycles. The van der Waals surface area contributed by atoms with Crippen molar-refractivity contribution in [1.29, 1.82) is 0 Å². The monoisotopic (exact) mass is 160 g/mol. The fourth-order valence-electron chi connectivity index (χ4n) is 0.576. The molecular formula is C5H8N2S2. The molecule has 1 aromatic rings. The quantitative estimate of drug-likeness (QED) is 0.662. The summed E-state index contributed by atoms with van der Waals surface area (Å²) in [5, 5.41) is 6.21. The molecule has 0 aliphatic rings. The molecule has 0 aliphatic carbocycles. The highest BCUT2D eigenvalue weighted by molar-refractivity contribution is 7.80. The van der Waals surface area contributed by atoms with Gasteiger partial charge in [0, 0.05) is 17.1 Å². The zero-order chi connectivity index (χ0) is 6.69. The Hall–Kier alpha value is -0.0900. The molecule has 0 bridgehead atoms. The molecule has 1 heterocycles.